The quantitative estimate of drug-likeness (QED) is 0.579. The number of H-pyrrole nitrogens is 1. The Labute approximate surface area is 68.0 Å². The molecule has 0 aromatic carbocycles. The van der Waals surface area contributed by atoms with E-state index >= 15 is 0 Å². The summed E-state index contributed by atoms with van der Waals surface area (Å²) < 4.78 is 0. The minimum absolute atomic E-state index is 0.322. The molecule has 6 heteroatoms. The molecule has 64 valence electrons. The van der Waals surface area contributed by atoms with Crippen molar-refractivity contribution in [2.45, 2.75) is 0 Å². The highest BCUT2D eigenvalue weighted by molar-refractivity contribution is 5.88. The van der Waals surface area contributed by atoms with Crippen molar-refractivity contribution in [1.82, 2.24) is 9.97 Å². The molecule has 1 heterocycles. The topological polar surface area (TPSA) is 92.1 Å². The molecule has 6 nitrogen and oxygen atoms in total. The van der Waals surface area contributed by atoms with E-state index in [1.54, 1.807) is 0 Å². The van der Waals surface area contributed by atoms with Crippen LogP contribution >= 0.6 is 0 Å². The van der Waals surface area contributed by atoms with Gasteiger partial charge in [-0.15, -0.1) is 0 Å². The van der Waals surface area contributed by atoms with Crippen LogP contribution in [0, 0.1) is 0 Å². The fourth-order valence-electron chi connectivity index (χ4n) is 0.673. The first kappa shape index (κ1) is 8.25. The van der Waals surface area contributed by atoms with Gasteiger partial charge in [0, 0.05) is 13.2 Å². The van der Waals surface area contributed by atoms with E-state index < -0.39 is 11.7 Å². The van der Waals surface area contributed by atoms with Gasteiger partial charge in [-0.05, 0) is 6.07 Å². The molecule has 3 N–H and O–H groups in total. The summed E-state index contributed by atoms with van der Waals surface area (Å²) in [4.78, 5) is 28.1. The van der Waals surface area contributed by atoms with Crippen LogP contribution in [0.3, 0.4) is 0 Å². The lowest BCUT2D eigenvalue weighted by Crippen LogP contribution is -2.33. The third-order valence-electron chi connectivity index (χ3n) is 1.35. The molecule has 0 aliphatic rings. The standard InChI is InChI=1S/C6H8N4O2/c1-10(5(7)11)4-2-3-8-6(12)9-4/h2-3H,1H3,(H2,7,11)(H,8,9,12). The molecule has 0 spiro atoms. The van der Waals surface area contributed by atoms with Crippen LogP contribution in [-0.2, 0) is 0 Å². The molecule has 2 amide bonds. The van der Waals surface area contributed by atoms with Crippen LogP contribution in [0.2, 0.25) is 0 Å². The zero-order chi connectivity index (χ0) is 9.14. The molecule has 0 bridgehead atoms. The lowest BCUT2D eigenvalue weighted by molar-refractivity contribution is 0.255. The van der Waals surface area contributed by atoms with E-state index in [0.29, 0.717) is 5.82 Å². The van der Waals surface area contributed by atoms with E-state index in [9.17, 15) is 9.59 Å². The molecule has 0 atom stereocenters. The molecule has 0 aliphatic carbocycles. The number of nitrogens with zero attached hydrogens (tertiary/aromatic N) is 2. The Morgan fingerprint density at radius 2 is 2.42 bits per heavy atom. The highest BCUT2D eigenvalue weighted by Gasteiger charge is 2.05. The predicted molar refractivity (Wildman–Crippen MR) is 42.8 cm³/mol. The van der Waals surface area contributed by atoms with Crippen molar-refractivity contribution < 1.29 is 4.79 Å². The number of primary amides is 1. The average Bonchev–Trinajstić information content (AvgIpc) is 2.03. The second kappa shape index (κ2) is 3.04. The van der Waals surface area contributed by atoms with Gasteiger partial charge in [0.25, 0.3) is 0 Å². The van der Waals surface area contributed by atoms with Gasteiger partial charge in [0.2, 0.25) is 0 Å². The minimum atomic E-state index is -0.642. The van der Waals surface area contributed by atoms with Crippen LogP contribution in [0.25, 0.3) is 0 Å². The van der Waals surface area contributed by atoms with Gasteiger partial charge >= 0.3 is 11.7 Å². The van der Waals surface area contributed by atoms with Crippen molar-refractivity contribution in [3.8, 4) is 0 Å². The Kier molecular flexibility index (Phi) is 2.09. The summed E-state index contributed by atoms with van der Waals surface area (Å²) >= 11 is 0. The van der Waals surface area contributed by atoms with E-state index in [1.165, 1.54) is 19.3 Å². The van der Waals surface area contributed by atoms with Crippen LogP contribution in [0.15, 0.2) is 17.1 Å². The van der Waals surface area contributed by atoms with Gasteiger partial charge in [-0.1, -0.05) is 0 Å². The zero-order valence-corrected chi connectivity index (χ0v) is 6.44. The predicted octanol–water partition coefficient (Wildman–Crippen LogP) is -0.715. The van der Waals surface area contributed by atoms with Crippen molar-refractivity contribution in [2.75, 3.05) is 11.9 Å². The molecular formula is C6H8N4O2. The number of hydrogen-bond donors (Lipinski definition) is 2. The lowest BCUT2D eigenvalue weighted by atomic mass is 10.5. The number of nitrogens with two attached hydrogens (primary N) is 1. The first-order valence-electron chi connectivity index (χ1n) is 3.20. The molecule has 1 aromatic rings. The minimum Gasteiger partial charge on any atom is -0.351 e. The highest BCUT2D eigenvalue weighted by Crippen LogP contribution is 2.01. The third-order valence-corrected chi connectivity index (χ3v) is 1.35. The van der Waals surface area contributed by atoms with Crippen LogP contribution in [0.5, 0.6) is 0 Å². The van der Waals surface area contributed by atoms with Gasteiger partial charge in [-0.2, -0.15) is 0 Å². The van der Waals surface area contributed by atoms with E-state index in [4.69, 9.17) is 5.73 Å². The Morgan fingerprint density at radius 1 is 1.75 bits per heavy atom. The fourth-order valence-corrected chi connectivity index (χ4v) is 0.673. The van der Waals surface area contributed by atoms with E-state index in [-0.39, 0.29) is 0 Å². The summed E-state index contributed by atoms with van der Waals surface area (Å²) in [5, 5.41) is 0. The van der Waals surface area contributed by atoms with Crippen LogP contribution in [-0.4, -0.2) is 23.0 Å². The summed E-state index contributed by atoms with van der Waals surface area (Å²) in [5.74, 6) is 0.322. The van der Waals surface area contributed by atoms with Crippen molar-refractivity contribution >= 4 is 11.8 Å². The number of nitrogens with one attached hydrogen (secondary N) is 1. The molecule has 12 heavy (non-hydrogen) atoms. The SMILES string of the molecule is CN(C(N)=O)c1ccnc(=O)[nH]1. The second-order valence-corrected chi connectivity index (χ2v) is 2.16. The Balaban J connectivity index is 3.03. The number of urea groups is 1. The van der Waals surface area contributed by atoms with Gasteiger partial charge in [-0.25, -0.2) is 14.6 Å². The van der Waals surface area contributed by atoms with Gasteiger partial charge in [0.05, 0.1) is 0 Å². The summed E-state index contributed by atoms with van der Waals surface area (Å²) in [6, 6.07) is 0.837. The number of amides is 2. The number of aromatic amines is 1. The average molecular weight is 168 g/mol. The molecule has 0 unspecified atom stereocenters. The Hall–Kier alpha value is -1.85. The van der Waals surface area contributed by atoms with E-state index in [1.807, 2.05) is 0 Å². The van der Waals surface area contributed by atoms with Gasteiger partial charge < -0.3 is 5.73 Å². The molecule has 0 saturated carbocycles. The van der Waals surface area contributed by atoms with Crippen molar-refractivity contribution in [3.05, 3.63) is 22.7 Å². The molecule has 0 aliphatic heterocycles. The van der Waals surface area contributed by atoms with E-state index in [2.05, 4.69) is 9.97 Å². The maximum absolute atomic E-state index is 10.7. The smallest absolute Gasteiger partial charge is 0.346 e. The number of hydrogen-bond acceptors (Lipinski definition) is 3. The van der Waals surface area contributed by atoms with Crippen LogP contribution < -0.4 is 16.3 Å². The molecule has 1 aromatic heterocycles. The first-order chi connectivity index (χ1) is 5.61. The fraction of sp³-hybridized carbons (Fsp3) is 0.167. The number of anilines is 1. The van der Waals surface area contributed by atoms with Crippen molar-refractivity contribution in [3.63, 3.8) is 0 Å². The largest absolute Gasteiger partial charge is 0.351 e. The monoisotopic (exact) mass is 168 g/mol. The van der Waals surface area contributed by atoms with Gasteiger partial charge in [0.15, 0.2) is 0 Å². The Morgan fingerprint density at radius 3 is 2.92 bits per heavy atom. The van der Waals surface area contributed by atoms with Gasteiger partial charge in [-0.3, -0.25) is 9.88 Å². The second-order valence-electron chi connectivity index (χ2n) is 2.16. The van der Waals surface area contributed by atoms with E-state index in [0.717, 1.165) is 4.90 Å². The molecule has 0 saturated heterocycles. The summed E-state index contributed by atoms with van der Waals surface area (Å²) in [6.07, 6.45) is 1.30. The third kappa shape index (κ3) is 1.60. The van der Waals surface area contributed by atoms with Crippen LogP contribution in [0.1, 0.15) is 0 Å². The summed E-state index contributed by atoms with van der Waals surface area (Å²) in [5.41, 5.74) is 4.45. The molecule has 0 radical (unpaired) electrons. The normalized spacial score (nSPS) is 9.42. The maximum atomic E-state index is 10.7. The number of carbonyl (C=O) groups is 1. The maximum Gasteiger partial charge on any atom is 0.346 e. The molecule has 0 fully saturated rings. The zero-order valence-electron chi connectivity index (χ0n) is 6.44. The van der Waals surface area contributed by atoms with Gasteiger partial charge in [0.1, 0.15) is 5.82 Å². The van der Waals surface area contributed by atoms with Crippen LogP contribution in [0.4, 0.5) is 10.6 Å². The first-order valence-corrected chi connectivity index (χ1v) is 3.20. The molecule has 1 rings (SSSR count). The lowest BCUT2D eigenvalue weighted by Gasteiger charge is -2.12. The Bertz CT molecular complexity index is 345. The number of aromatic nitrogens is 2. The van der Waals surface area contributed by atoms with Crippen molar-refractivity contribution in [1.29, 1.82) is 0 Å². The number of rotatable bonds is 1. The number of carbonyl (C=O) groups excluding carboxylic acids is 1. The highest BCUT2D eigenvalue weighted by atomic mass is 16.2. The summed E-state index contributed by atoms with van der Waals surface area (Å²) in [7, 11) is 1.45. The summed E-state index contributed by atoms with van der Waals surface area (Å²) in [6.45, 7) is 0. The van der Waals surface area contributed by atoms with Crippen molar-refractivity contribution in [2.24, 2.45) is 5.73 Å². The molecular weight excluding hydrogens is 160 g/mol.